The van der Waals surface area contributed by atoms with Crippen LogP contribution in [0.5, 0.6) is 0 Å². The van der Waals surface area contributed by atoms with E-state index in [1.165, 1.54) is 0 Å². The second-order valence-corrected chi connectivity index (χ2v) is 6.82. The number of rotatable bonds is 5. The van der Waals surface area contributed by atoms with Crippen LogP contribution in [0.1, 0.15) is 23.2 Å². The molecule has 1 unspecified atom stereocenters. The number of nitrogens with one attached hydrogen (secondary N) is 2. The summed E-state index contributed by atoms with van der Waals surface area (Å²) in [5.74, 6) is -1.70. The Bertz CT molecular complexity index is 752. The van der Waals surface area contributed by atoms with Crippen LogP contribution in [0.4, 0.5) is 0 Å². The average Bonchev–Trinajstić information content (AvgIpc) is 3.01. The number of carbonyl (C=O) groups excluding carboxylic acids is 1. The van der Waals surface area contributed by atoms with Crippen LogP contribution in [0.15, 0.2) is 28.9 Å². The lowest BCUT2D eigenvalue weighted by Crippen LogP contribution is -2.38. The summed E-state index contributed by atoms with van der Waals surface area (Å²) in [5.41, 5.74) is 1.36. The first-order valence-electron chi connectivity index (χ1n) is 7.92. The highest BCUT2D eigenvalue weighted by atomic mass is 79.9. The molecule has 2 heterocycles. The fraction of sp³-hybridized carbons (Fsp3) is 0.412. The molecule has 1 fully saturated rings. The van der Waals surface area contributed by atoms with Crippen LogP contribution in [0.3, 0.4) is 0 Å². The van der Waals surface area contributed by atoms with E-state index < -0.39 is 11.9 Å². The van der Waals surface area contributed by atoms with Crippen molar-refractivity contribution in [3.63, 3.8) is 0 Å². The SMILES string of the molecule is O=C(NCC(C(=O)O)C1CCOCC1)c1c[nH]c2cccc(Br)c12. The van der Waals surface area contributed by atoms with Gasteiger partial charge >= 0.3 is 5.97 Å². The lowest BCUT2D eigenvalue weighted by atomic mass is 9.86. The van der Waals surface area contributed by atoms with Gasteiger partial charge in [-0.05, 0) is 30.9 Å². The number of aliphatic carboxylic acids is 1. The van der Waals surface area contributed by atoms with Crippen LogP contribution in [-0.2, 0) is 9.53 Å². The molecule has 0 saturated carbocycles. The zero-order valence-electron chi connectivity index (χ0n) is 13.0. The number of amides is 1. The number of halogens is 1. The molecule has 1 aromatic carbocycles. The Morgan fingerprint density at radius 2 is 2.12 bits per heavy atom. The molecule has 1 amide bonds. The van der Waals surface area contributed by atoms with Gasteiger partial charge in [0.2, 0.25) is 0 Å². The summed E-state index contributed by atoms with van der Waals surface area (Å²) in [6.07, 6.45) is 3.08. The van der Waals surface area contributed by atoms with E-state index in [0.29, 0.717) is 31.6 Å². The van der Waals surface area contributed by atoms with Gasteiger partial charge in [-0.1, -0.05) is 22.0 Å². The Labute approximate surface area is 147 Å². The van der Waals surface area contributed by atoms with Crippen molar-refractivity contribution in [3.05, 3.63) is 34.4 Å². The summed E-state index contributed by atoms with van der Waals surface area (Å²) in [4.78, 5) is 27.1. The topological polar surface area (TPSA) is 91.4 Å². The number of aromatic amines is 1. The molecular weight excluding hydrogens is 376 g/mol. The van der Waals surface area contributed by atoms with Gasteiger partial charge in [0.15, 0.2) is 0 Å². The van der Waals surface area contributed by atoms with Crippen molar-refractivity contribution in [3.8, 4) is 0 Å². The molecule has 1 aliphatic rings. The van der Waals surface area contributed by atoms with Gasteiger partial charge in [-0.2, -0.15) is 0 Å². The molecule has 0 spiro atoms. The van der Waals surface area contributed by atoms with Crippen LogP contribution >= 0.6 is 15.9 Å². The van der Waals surface area contributed by atoms with Crippen molar-refractivity contribution >= 4 is 38.7 Å². The van der Waals surface area contributed by atoms with Gasteiger partial charge in [-0.15, -0.1) is 0 Å². The van der Waals surface area contributed by atoms with Crippen molar-refractivity contribution in [1.82, 2.24) is 10.3 Å². The minimum Gasteiger partial charge on any atom is -0.481 e. The summed E-state index contributed by atoms with van der Waals surface area (Å²) in [6.45, 7) is 1.28. The van der Waals surface area contributed by atoms with Gasteiger partial charge in [-0.3, -0.25) is 9.59 Å². The maximum Gasteiger partial charge on any atom is 0.308 e. The zero-order chi connectivity index (χ0) is 17.1. The molecule has 24 heavy (non-hydrogen) atoms. The number of fused-ring (bicyclic) bond motifs is 1. The zero-order valence-corrected chi connectivity index (χ0v) is 14.6. The Balaban J connectivity index is 1.72. The van der Waals surface area contributed by atoms with E-state index in [-0.39, 0.29) is 18.4 Å². The fourth-order valence-electron chi connectivity index (χ4n) is 3.19. The van der Waals surface area contributed by atoms with Crippen LogP contribution in [0.25, 0.3) is 10.9 Å². The summed E-state index contributed by atoms with van der Waals surface area (Å²) in [6, 6.07) is 5.64. The van der Waals surface area contributed by atoms with E-state index in [4.69, 9.17) is 4.74 Å². The molecule has 1 aliphatic heterocycles. The predicted molar refractivity (Wildman–Crippen MR) is 93.0 cm³/mol. The van der Waals surface area contributed by atoms with E-state index in [0.717, 1.165) is 15.4 Å². The minimum atomic E-state index is -0.873. The Kier molecular flexibility index (Phi) is 5.20. The van der Waals surface area contributed by atoms with E-state index in [1.807, 2.05) is 18.2 Å². The molecule has 7 heteroatoms. The second kappa shape index (κ2) is 7.36. The molecule has 3 N–H and O–H groups in total. The van der Waals surface area contributed by atoms with Crippen molar-refractivity contribution in [2.45, 2.75) is 12.8 Å². The highest BCUT2D eigenvalue weighted by Crippen LogP contribution is 2.27. The van der Waals surface area contributed by atoms with Gasteiger partial charge in [0.1, 0.15) is 0 Å². The lowest BCUT2D eigenvalue weighted by molar-refractivity contribution is -0.144. The van der Waals surface area contributed by atoms with E-state index in [1.54, 1.807) is 6.20 Å². The summed E-state index contributed by atoms with van der Waals surface area (Å²) < 4.78 is 6.11. The molecule has 1 atom stereocenters. The normalized spacial score (nSPS) is 16.9. The van der Waals surface area contributed by atoms with Crippen LogP contribution < -0.4 is 5.32 Å². The minimum absolute atomic E-state index is 0.0336. The first kappa shape index (κ1) is 17.0. The monoisotopic (exact) mass is 394 g/mol. The van der Waals surface area contributed by atoms with Crippen molar-refractivity contribution in [2.24, 2.45) is 11.8 Å². The quantitative estimate of drug-likeness (QED) is 0.726. The number of hydrogen-bond donors (Lipinski definition) is 3. The van der Waals surface area contributed by atoms with E-state index in [9.17, 15) is 14.7 Å². The van der Waals surface area contributed by atoms with Gasteiger partial charge in [0.05, 0.1) is 11.5 Å². The molecule has 1 saturated heterocycles. The third kappa shape index (κ3) is 3.47. The van der Waals surface area contributed by atoms with Crippen molar-refractivity contribution < 1.29 is 19.4 Å². The molecule has 128 valence electrons. The van der Waals surface area contributed by atoms with Crippen LogP contribution in [0.2, 0.25) is 0 Å². The average molecular weight is 395 g/mol. The smallest absolute Gasteiger partial charge is 0.308 e. The number of carbonyl (C=O) groups is 2. The molecular formula is C17H19BrN2O4. The molecule has 0 radical (unpaired) electrons. The Morgan fingerprint density at radius 3 is 2.83 bits per heavy atom. The molecule has 0 bridgehead atoms. The molecule has 2 aromatic rings. The fourth-order valence-corrected chi connectivity index (χ4v) is 3.77. The first-order chi connectivity index (χ1) is 11.6. The maximum atomic E-state index is 12.5. The van der Waals surface area contributed by atoms with E-state index in [2.05, 4.69) is 26.2 Å². The molecule has 0 aliphatic carbocycles. The maximum absolute atomic E-state index is 12.5. The number of hydrogen-bond acceptors (Lipinski definition) is 3. The van der Waals surface area contributed by atoms with E-state index >= 15 is 0 Å². The third-order valence-corrected chi connectivity index (χ3v) is 5.20. The highest BCUT2D eigenvalue weighted by Gasteiger charge is 2.30. The Hall–Kier alpha value is -1.86. The largest absolute Gasteiger partial charge is 0.481 e. The molecule has 6 nitrogen and oxygen atoms in total. The van der Waals surface area contributed by atoms with Gasteiger partial charge < -0.3 is 20.1 Å². The highest BCUT2D eigenvalue weighted by molar-refractivity contribution is 9.10. The van der Waals surface area contributed by atoms with Crippen molar-refractivity contribution in [1.29, 1.82) is 0 Å². The first-order valence-corrected chi connectivity index (χ1v) is 8.71. The summed E-state index contributed by atoms with van der Waals surface area (Å²) >= 11 is 3.45. The van der Waals surface area contributed by atoms with Crippen LogP contribution in [-0.4, -0.2) is 41.7 Å². The third-order valence-electron chi connectivity index (χ3n) is 4.53. The summed E-state index contributed by atoms with van der Waals surface area (Å²) in [5, 5.41) is 13.1. The standard InChI is InChI=1S/C17H19BrN2O4/c18-13-2-1-3-14-15(13)12(9-19-14)16(21)20-8-11(17(22)23)10-4-6-24-7-5-10/h1-3,9-11,19H,4-8H2,(H,20,21)(H,22,23). The Morgan fingerprint density at radius 1 is 1.38 bits per heavy atom. The number of ether oxygens (including phenoxy) is 1. The number of aromatic nitrogens is 1. The lowest BCUT2D eigenvalue weighted by Gasteiger charge is -2.27. The number of carboxylic acids is 1. The van der Waals surface area contributed by atoms with Gasteiger partial charge in [-0.25, -0.2) is 0 Å². The number of carboxylic acid groups (broad SMARTS) is 1. The van der Waals surface area contributed by atoms with Gasteiger partial charge in [0, 0.05) is 41.3 Å². The second-order valence-electron chi connectivity index (χ2n) is 5.97. The van der Waals surface area contributed by atoms with Gasteiger partial charge in [0.25, 0.3) is 5.91 Å². The van der Waals surface area contributed by atoms with Crippen LogP contribution in [0, 0.1) is 11.8 Å². The predicted octanol–water partition coefficient (Wildman–Crippen LogP) is 2.79. The van der Waals surface area contributed by atoms with Crippen molar-refractivity contribution in [2.75, 3.05) is 19.8 Å². The number of benzene rings is 1. The number of H-pyrrole nitrogens is 1. The molecule has 1 aromatic heterocycles. The summed E-state index contributed by atoms with van der Waals surface area (Å²) in [7, 11) is 0. The molecule has 3 rings (SSSR count).